The molecule has 0 heterocycles. The Morgan fingerprint density at radius 2 is 2.00 bits per heavy atom. The summed E-state index contributed by atoms with van der Waals surface area (Å²) in [5.74, 6) is -0.883. The highest BCUT2D eigenvalue weighted by Crippen LogP contribution is 2.33. The van der Waals surface area contributed by atoms with Gasteiger partial charge >= 0.3 is 6.18 Å². The lowest BCUT2D eigenvalue weighted by Crippen LogP contribution is -2.11. The number of hydrogen-bond acceptors (Lipinski definition) is 1. The monoisotopic (exact) mass is 261 g/mol. The molecule has 0 bridgehead atoms. The minimum absolute atomic E-state index is 0.00370. The Morgan fingerprint density at radius 1 is 1.33 bits per heavy atom. The first-order chi connectivity index (χ1) is 8.38. The fourth-order valence-electron chi connectivity index (χ4n) is 1.62. The fourth-order valence-corrected chi connectivity index (χ4v) is 1.62. The first-order valence-corrected chi connectivity index (χ1v) is 5.59. The molecule has 100 valence electrons. The molecule has 0 unspecified atom stereocenters. The van der Waals surface area contributed by atoms with Gasteiger partial charge in [-0.3, -0.25) is 0 Å². The van der Waals surface area contributed by atoms with E-state index in [1.807, 2.05) is 6.92 Å². The molecule has 0 saturated carbocycles. The van der Waals surface area contributed by atoms with Crippen LogP contribution in [0, 0.1) is 5.82 Å². The number of alkyl halides is 3. The molecule has 1 aromatic rings. The number of hydrogen-bond donors (Lipinski definition) is 1. The number of rotatable bonds is 4. The lowest BCUT2D eigenvalue weighted by atomic mass is 10.0. The van der Waals surface area contributed by atoms with Crippen molar-refractivity contribution in [1.29, 1.82) is 0 Å². The molecule has 0 atom stereocenters. The number of halogens is 4. The lowest BCUT2D eigenvalue weighted by Gasteiger charge is -2.12. The SMILES string of the molecule is CC/C(=C/c1ccc(F)cc1C(F)(F)F)CNC. The summed E-state index contributed by atoms with van der Waals surface area (Å²) in [7, 11) is 1.72. The third-order valence-electron chi connectivity index (χ3n) is 2.54. The van der Waals surface area contributed by atoms with Crippen molar-refractivity contribution in [2.75, 3.05) is 13.6 Å². The fraction of sp³-hybridized carbons (Fsp3) is 0.385. The van der Waals surface area contributed by atoms with Crippen LogP contribution in [-0.2, 0) is 6.18 Å². The van der Waals surface area contributed by atoms with Crippen LogP contribution in [0.1, 0.15) is 24.5 Å². The van der Waals surface area contributed by atoms with Gasteiger partial charge in [0.1, 0.15) is 5.82 Å². The Morgan fingerprint density at radius 3 is 2.50 bits per heavy atom. The van der Waals surface area contributed by atoms with Gasteiger partial charge in [0.2, 0.25) is 0 Å². The van der Waals surface area contributed by atoms with Gasteiger partial charge in [0.25, 0.3) is 0 Å². The van der Waals surface area contributed by atoms with Gasteiger partial charge in [-0.25, -0.2) is 4.39 Å². The van der Waals surface area contributed by atoms with Gasteiger partial charge in [-0.2, -0.15) is 13.2 Å². The highest BCUT2D eigenvalue weighted by Gasteiger charge is 2.33. The van der Waals surface area contributed by atoms with Crippen LogP contribution < -0.4 is 5.32 Å². The summed E-state index contributed by atoms with van der Waals surface area (Å²) in [6, 6.07) is 2.72. The molecule has 18 heavy (non-hydrogen) atoms. The molecule has 1 aromatic carbocycles. The summed E-state index contributed by atoms with van der Waals surface area (Å²) in [4.78, 5) is 0. The Balaban J connectivity index is 3.23. The minimum atomic E-state index is -4.55. The Labute approximate surface area is 104 Å². The normalized spacial score (nSPS) is 12.9. The van der Waals surface area contributed by atoms with Crippen molar-refractivity contribution in [3.05, 3.63) is 40.7 Å². The van der Waals surface area contributed by atoms with Crippen LogP contribution >= 0.6 is 0 Å². The highest BCUT2D eigenvalue weighted by molar-refractivity contribution is 5.58. The molecule has 0 aliphatic carbocycles. The van der Waals surface area contributed by atoms with E-state index in [0.29, 0.717) is 19.0 Å². The van der Waals surface area contributed by atoms with E-state index < -0.39 is 17.6 Å². The number of likely N-dealkylation sites (N-methyl/N-ethyl adjacent to an activating group) is 1. The molecule has 5 heteroatoms. The minimum Gasteiger partial charge on any atom is -0.316 e. The van der Waals surface area contributed by atoms with E-state index in [9.17, 15) is 17.6 Å². The summed E-state index contributed by atoms with van der Waals surface area (Å²) in [5.41, 5.74) is -0.116. The van der Waals surface area contributed by atoms with Gasteiger partial charge in [-0.15, -0.1) is 0 Å². The molecule has 1 N–H and O–H groups in total. The van der Waals surface area contributed by atoms with Crippen molar-refractivity contribution in [2.45, 2.75) is 19.5 Å². The zero-order chi connectivity index (χ0) is 13.8. The van der Waals surface area contributed by atoms with E-state index >= 15 is 0 Å². The van der Waals surface area contributed by atoms with Crippen LogP contribution in [0.4, 0.5) is 17.6 Å². The van der Waals surface area contributed by atoms with Crippen molar-refractivity contribution in [3.8, 4) is 0 Å². The van der Waals surface area contributed by atoms with Gasteiger partial charge in [-0.05, 0) is 31.2 Å². The van der Waals surface area contributed by atoms with Gasteiger partial charge < -0.3 is 5.32 Å². The van der Waals surface area contributed by atoms with Crippen LogP contribution in [0.3, 0.4) is 0 Å². The quantitative estimate of drug-likeness (QED) is 0.811. The predicted molar refractivity (Wildman–Crippen MR) is 63.6 cm³/mol. The first kappa shape index (κ1) is 14.7. The lowest BCUT2D eigenvalue weighted by molar-refractivity contribution is -0.137. The van der Waals surface area contributed by atoms with Crippen LogP contribution in [0.2, 0.25) is 0 Å². The maximum Gasteiger partial charge on any atom is 0.417 e. The van der Waals surface area contributed by atoms with Crippen molar-refractivity contribution in [3.63, 3.8) is 0 Å². The summed E-state index contributed by atoms with van der Waals surface area (Å²) >= 11 is 0. The zero-order valence-electron chi connectivity index (χ0n) is 10.2. The second kappa shape index (κ2) is 6.00. The summed E-state index contributed by atoms with van der Waals surface area (Å²) in [5, 5.41) is 2.88. The topological polar surface area (TPSA) is 12.0 Å². The van der Waals surface area contributed by atoms with Gasteiger partial charge in [0, 0.05) is 6.54 Å². The largest absolute Gasteiger partial charge is 0.417 e. The average molecular weight is 261 g/mol. The molecule has 0 radical (unpaired) electrons. The maximum atomic E-state index is 12.9. The van der Waals surface area contributed by atoms with Gasteiger partial charge in [0.15, 0.2) is 0 Å². The predicted octanol–water partition coefficient (Wildman–Crippen LogP) is 3.86. The van der Waals surface area contributed by atoms with Crippen molar-refractivity contribution in [2.24, 2.45) is 0 Å². The Hall–Kier alpha value is -1.36. The zero-order valence-corrected chi connectivity index (χ0v) is 10.2. The standard InChI is InChI=1S/C13H15F4N/c1-3-9(8-18-2)6-10-4-5-11(14)7-12(10)13(15,16)17/h4-7,18H,3,8H2,1-2H3/b9-6-. The molecule has 0 spiro atoms. The van der Waals surface area contributed by atoms with E-state index in [0.717, 1.165) is 17.7 Å². The molecule has 0 aromatic heterocycles. The van der Waals surface area contributed by atoms with E-state index in [2.05, 4.69) is 5.32 Å². The van der Waals surface area contributed by atoms with Crippen LogP contribution in [0.5, 0.6) is 0 Å². The number of nitrogens with one attached hydrogen (secondary N) is 1. The molecule has 0 fully saturated rings. The molecule has 0 saturated heterocycles. The summed E-state index contributed by atoms with van der Waals surface area (Å²) in [6.07, 6.45) is -2.46. The maximum absolute atomic E-state index is 12.9. The van der Waals surface area contributed by atoms with Gasteiger partial charge in [0.05, 0.1) is 5.56 Å². The van der Waals surface area contributed by atoms with Crippen molar-refractivity contribution < 1.29 is 17.6 Å². The highest BCUT2D eigenvalue weighted by atomic mass is 19.4. The molecular weight excluding hydrogens is 246 g/mol. The molecule has 0 aliphatic heterocycles. The third kappa shape index (κ3) is 3.84. The first-order valence-electron chi connectivity index (χ1n) is 5.59. The van der Waals surface area contributed by atoms with Crippen molar-refractivity contribution in [1.82, 2.24) is 5.32 Å². The van der Waals surface area contributed by atoms with E-state index in [1.165, 1.54) is 6.08 Å². The van der Waals surface area contributed by atoms with Crippen LogP contribution in [0.25, 0.3) is 6.08 Å². The smallest absolute Gasteiger partial charge is 0.316 e. The molecule has 0 aliphatic rings. The van der Waals surface area contributed by atoms with Gasteiger partial charge in [-0.1, -0.05) is 24.6 Å². The number of benzene rings is 1. The Bertz CT molecular complexity index is 435. The summed E-state index contributed by atoms with van der Waals surface area (Å²) < 4.78 is 51.2. The second-order valence-corrected chi connectivity index (χ2v) is 3.92. The van der Waals surface area contributed by atoms with Crippen molar-refractivity contribution >= 4 is 6.08 Å². The van der Waals surface area contributed by atoms with Crippen LogP contribution in [-0.4, -0.2) is 13.6 Å². The molecule has 1 nitrogen and oxygen atoms in total. The molecule has 1 rings (SSSR count). The van der Waals surface area contributed by atoms with E-state index in [-0.39, 0.29) is 5.56 Å². The Kier molecular flexibility index (Phi) is 4.90. The second-order valence-electron chi connectivity index (χ2n) is 3.92. The molecular formula is C13H15F4N. The van der Waals surface area contributed by atoms with E-state index in [4.69, 9.17) is 0 Å². The molecule has 0 amide bonds. The summed E-state index contributed by atoms with van der Waals surface area (Å²) in [6.45, 7) is 2.37. The average Bonchev–Trinajstić information content (AvgIpc) is 2.29. The van der Waals surface area contributed by atoms with E-state index in [1.54, 1.807) is 7.05 Å². The third-order valence-corrected chi connectivity index (χ3v) is 2.54. The van der Waals surface area contributed by atoms with Crippen LogP contribution in [0.15, 0.2) is 23.8 Å².